The van der Waals surface area contributed by atoms with E-state index in [9.17, 15) is 20.4 Å². The van der Waals surface area contributed by atoms with Crippen molar-refractivity contribution >= 4 is 0 Å². The van der Waals surface area contributed by atoms with Crippen LogP contribution in [0.4, 0.5) is 0 Å². The highest BCUT2D eigenvalue weighted by atomic mass is 16.5. The zero-order chi connectivity index (χ0) is 61.0. The van der Waals surface area contributed by atoms with Gasteiger partial charge >= 0.3 is 0 Å². The molecule has 0 bridgehead atoms. The summed E-state index contributed by atoms with van der Waals surface area (Å²) in [6.45, 7) is 0.0854. The Labute approximate surface area is 520 Å². The quantitative estimate of drug-likeness (QED) is 0.0442. The minimum Gasteiger partial charge on any atom is -0.493 e. The number of hydrogen-bond donors (Lipinski definition) is 4. The molecule has 0 aromatic heterocycles. The molecule has 89 heavy (non-hydrogen) atoms. The molecule has 4 N–H and O–H groups in total. The average Bonchev–Trinajstić information content (AvgIpc) is 3.77. The average molecular weight is 1170 g/mol. The molecule has 440 valence electrons. The van der Waals surface area contributed by atoms with E-state index in [0.717, 1.165) is 44.5 Å². The molecule has 12 aromatic carbocycles. The monoisotopic (exact) mass is 1170 g/mol. The minimum absolute atomic E-state index is 0.0214. The van der Waals surface area contributed by atoms with E-state index in [4.69, 9.17) is 18.9 Å². The molecule has 0 aliphatic rings. The molecule has 12 rings (SSSR count). The smallest absolute Gasteiger partial charge is 0.140 e. The summed E-state index contributed by atoms with van der Waals surface area (Å²) in [6.07, 6.45) is 0. The molecule has 0 radical (unpaired) electrons. The lowest BCUT2D eigenvalue weighted by Gasteiger charge is -2.34. The molecular weight excluding hydrogens is 1100 g/mol. The summed E-state index contributed by atoms with van der Waals surface area (Å²) in [6, 6.07) is 107. The summed E-state index contributed by atoms with van der Waals surface area (Å²) < 4.78 is 27.5. The third kappa shape index (κ3) is 12.4. The summed E-state index contributed by atoms with van der Waals surface area (Å²) in [5, 5.41) is 50.8. The van der Waals surface area contributed by atoms with Gasteiger partial charge in [0.1, 0.15) is 77.2 Å². The molecule has 0 heterocycles. The van der Waals surface area contributed by atoms with Gasteiger partial charge in [-0.3, -0.25) is 0 Å². The highest BCUT2D eigenvalue weighted by Crippen LogP contribution is 2.42. The normalized spacial score (nSPS) is 12.0. The Hall–Kier alpha value is -10.3. The van der Waals surface area contributed by atoms with Crippen LogP contribution in [0.2, 0.25) is 0 Å². The van der Waals surface area contributed by atoms with Crippen LogP contribution in [-0.4, -0.2) is 46.9 Å². The Morgan fingerprint density at radius 3 is 0.427 bits per heavy atom. The number of rotatable bonds is 24. The van der Waals surface area contributed by atoms with E-state index in [1.165, 1.54) is 0 Å². The molecule has 0 unspecified atom stereocenters. The molecule has 12 aromatic rings. The van der Waals surface area contributed by atoms with Crippen LogP contribution in [0, 0.1) is 5.41 Å². The second-order valence-corrected chi connectivity index (χ2v) is 22.5. The highest BCUT2D eigenvalue weighted by molar-refractivity contribution is 5.52. The van der Waals surface area contributed by atoms with Gasteiger partial charge in [0.25, 0.3) is 0 Å². The summed E-state index contributed by atoms with van der Waals surface area (Å²) >= 11 is 0. The molecule has 0 spiro atoms. The Morgan fingerprint density at radius 2 is 0.292 bits per heavy atom. The van der Waals surface area contributed by atoms with E-state index in [1.54, 1.807) is 0 Å². The van der Waals surface area contributed by atoms with E-state index >= 15 is 0 Å². The van der Waals surface area contributed by atoms with Crippen molar-refractivity contribution in [3.8, 4) is 23.0 Å². The van der Waals surface area contributed by atoms with Crippen LogP contribution in [0.1, 0.15) is 66.8 Å². The van der Waals surface area contributed by atoms with Crippen molar-refractivity contribution in [1.82, 2.24) is 0 Å². The van der Waals surface area contributed by atoms with Crippen molar-refractivity contribution in [2.24, 2.45) is 5.41 Å². The molecule has 0 amide bonds. The number of hydrogen-bond acceptors (Lipinski definition) is 8. The molecule has 0 saturated heterocycles. The van der Waals surface area contributed by atoms with Gasteiger partial charge < -0.3 is 39.4 Å². The van der Waals surface area contributed by atoms with Gasteiger partial charge in [-0.1, -0.05) is 291 Å². The van der Waals surface area contributed by atoms with Crippen LogP contribution in [0.5, 0.6) is 23.0 Å². The summed E-state index contributed by atoms with van der Waals surface area (Å²) in [5.41, 5.74) is 1.46. The topological polar surface area (TPSA) is 118 Å². The Morgan fingerprint density at radius 1 is 0.169 bits per heavy atom. The van der Waals surface area contributed by atoms with Crippen LogP contribution in [-0.2, 0) is 22.4 Å². The zero-order valence-corrected chi connectivity index (χ0v) is 49.1. The van der Waals surface area contributed by atoms with Gasteiger partial charge in [0, 0.05) is 0 Å². The minimum atomic E-state index is -1.46. The summed E-state index contributed by atoms with van der Waals surface area (Å²) in [4.78, 5) is 0. The predicted molar refractivity (Wildman–Crippen MR) is 350 cm³/mol. The lowest BCUT2D eigenvalue weighted by Crippen LogP contribution is -2.45. The maximum absolute atomic E-state index is 12.7. The number of ether oxygens (including phenoxy) is 4. The van der Waals surface area contributed by atoms with Gasteiger partial charge in [-0.2, -0.15) is 0 Å². The summed E-state index contributed by atoms with van der Waals surface area (Å²) in [5.74, 6) is 2.12. The second kappa shape index (κ2) is 26.3. The molecule has 8 nitrogen and oxygen atoms in total. The van der Waals surface area contributed by atoms with Gasteiger partial charge in [0.15, 0.2) is 0 Å². The maximum Gasteiger partial charge on any atom is 0.140 e. The van der Waals surface area contributed by atoms with Crippen LogP contribution in [0.25, 0.3) is 0 Å². The van der Waals surface area contributed by atoms with Crippen molar-refractivity contribution < 1.29 is 39.4 Å². The fraction of sp³-hybridized carbons (Fsp3) is 0.111. The van der Waals surface area contributed by atoms with E-state index in [0.29, 0.717) is 45.3 Å². The van der Waals surface area contributed by atoms with Crippen molar-refractivity contribution in [3.63, 3.8) is 0 Å². The van der Waals surface area contributed by atoms with E-state index in [2.05, 4.69) is 0 Å². The van der Waals surface area contributed by atoms with Crippen LogP contribution in [0.3, 0.4) is 0 Å². The van der Waals surface area contributed by atoms with Crippen LogP contribution < -0.4 is 18.9 Å². The fourth-order valence-electron chi connectivity index (χ4n) is 11.8. The lowest BCUT2D eigenvalue weighted by molar-refractivity contribution is -0.00358. The zero-order valence-electron chi connectivity index (χ0n) is 49.1. The Bertz CT molecular complexity index is 3410. The predicted octanol–water partition coefficient (Wildman–Crippen LogP) is 15.4. The maximum atomic E-state index is 12.7. The molecule has 0 aliphatic carbocycles. The molecule has 8 heteroatoms. The highest BCUT2D eigenvalue weighted by Gasteiger charge is 2.40. The molecular formula is C81H68O8. The van der Waals surface area contributed by atoms with Crippen molar-refractivity contribution in [3.05, 3.63) is 406 Å². The number of benzene rings is 12. The molecule has 0 atom stereocenters. The van der Waals surface area contributed by atoms with Gasteiger partial charge in [-0.05, 0) is 115 Å². The third-order valence-corrected chi connectivity index (χ3v) is 16.8. The van der Waals surface area contributed by atoms with E-state index < -0.39 is 27.8 Å². The van der Waals surface area contributed by atoms with Gasteiger partial charge in [-0.25, -0.2) is 0 Å². The van der Waals surface area contributed by atoms with E-state index in [1.807, 2.05) is 340 Å². The van der Waals surface area contributed by atoms with E-state index in [-0.39, 0.29) is 26.4 Å². The summed E-state index contributed by atoms with van der Waals surface area (Å²) in [7, 11) is 0. The lowest BCUT2D eigenvalue weighted by atomic mass is 9.80. The first kappa shape index (κ1) is 59.0. The van der Waals surface area contributed by atoms with Gasteiger partial charge in [0.05, 0.1) is 0 Å². The number of aliphatic hydroxyl groups is 4. The SMILES string of the molecule is OC(c1ccccc1)(c1ccccc1)c1ccc(OCC(COc2ccc(C(O)(c3ccccc3)c3ccccc3)cc2)(COc2ccc(C(O)(c3ccccc3)c3ccccc3)cc2)COc2ccc(C(O)(c3ccccc3)c3ccccc3)cc2)cc1. The Balaban J connectivity index is 0.906. The van der Waals surface area contributed by atoms with Crippen LogP contribution >= 0.6 is 0 Å². The second-order valence-electron chi connectivity index (χ2n) is 22.5. The Kier molecular flexibility index (Phi) is 17.5. The third-order valence-electron chi connectivity index (χ3n) is 16.8. The fourth-order valence-corrected chi connectivity index (χ4v) is 11.8. The molecule has 0 aliphatic heterocycles. The first-order valence-corrected chi connectivity index (χ1v) is 29.9. The first-order chi connectivity index (χ1) is 43.6. The van der Waals surface area contributed by atoms with Crippen LogP contribution in [0.15, 0.2) is 340 Å². The molecule has 0 saturated carbocycles. The standard InChI is InChI=1S/C81H68O8/c82-78(61-25-9-1-10-26-61,62-27-11-2-12-28-62)69-41-49-73(50-42-69)86-57-77(58-87-74-51-43-70(44-52-74)79(83,63-29-13-3-14-30-63)64-31-15-4-16-32-64,59-88-75-53-45-71(46-54-75)80(84,65-33-17-5-18-34-65)66-35-19-6-20-36-66)60-89-76-55-47-72(48-56-76)81(85,67-37-21-7-22-38-67)68-39-23-8-24-40-68/h1-56,82-85H,57-60H2. The largest absolute Gasteiger partial charge is 0.493 e. The van der Waals surface area contributed by atoms with Crippen molar-refractivity contribution in [1.29, 1.82) is 0 Å². The first-order valence-electron chi connectivity index (χ1n) is 29.9. The molecule has 0 fully saturated rings. The van der Waals surface area contributed by atoms with Crippen molar-refractivity contribution in [2.75, 3.05) is 26.4 Å². The van der Waals surface area contributed by atoms with Gasteiger partial charge in [0.2, 0.25) is 0 Å². The van der Waals surface area contributed by atoms with Gasteiger partial charge in [-0.15, -0.1) is 0 Å². The van der Waals surface area contributed by atoms with Crippen molar-refractivity contribution in [2.45, 2.75) is 22.4 Å².